The zero-order valence-electron chi connectivity index (χ0n) is 17.2. The minimum atomic E-state index is -1.11. The molecule has 4 saturated carbocycles. The van der Waals surface area contributed by atoms with Gasteiger partial charge in [-0.15, -0.1) is 0 Å². The summed E-state index contributed by atoms with van der Waals surface area (Å²) in [6.45, 7) is 2.85. The van der Waals surface area contributed by atoms with Crippen molar-refractivity contribution in [3.63, 3.8) is 0 Å². The Kier molecular flexibility index (Phi) is 4.61. The maximum atomic E-state index is 14.1. The number of amides is 1. The molecular formula is C23H27BrFNO4. The molecule has 0 N–H and O–H groups in total. The first-order valence-corrected chi connectivity index (χ1v) is 11.5. The predicted octanol–water partition coefficient (Wildman–Crippen LogP) is 4.57. The van der Waals surface area contributed by atoms with E-state index in [1.54, 1.807) is 0 Å². The fraction of sp³-hybridized carbons (Fsp3) is 0.652. The van der Waals surface area contributed by atoms with E-state index in [-0.39, 0.29) is 17.3 Å². The predicted molar refractivity (Wildman–Crippen MR) is 113 cm³/mol. The van der Waals surface area contributed by atoms with Crippen molar-refractivity contribution in [3.05, 3.63) is 28.7 Å². The first-order valence-electron chi connectivity index (χ1n) is 10.7. The normalized spacial score (nSPS) is 38.4. The van der Waals surface area contributed by atoms with Gasteiger partial charge in [0.1, 0.15) is 5.67 Å². The summed E-state index contributed by atoms with van der Waals surface area (Å²) in [5.41, 5.74) is -1.32. The van der Waals surface area contributed by atoms with Crippen molar-refractivity contribution >= 4 is 33.5 Å². The number of nitrogens with zero attached hydrogens (tertiary/aromatic N) is 1. The SMILES string of the molecule is CC(=O)OCC12CCC(CN(C(=O)C34CC(F)(C3)C4)c3cccc(Br)c3)(CC1)OC2. The zero-order chi connectivity index (χ0) is 21.2. The minimum Gasteiger partial charge on any atom is -0.465 e. The summed E-state index contributed by atoms with van der Waals surface area (Å²) in [4.78, 5) is 26.6. The molecule has 0 unspecified atom stereocenters. The molecule has 2 saturated heterocycles. The zero-order valence-corrected chi connectivity index (χ0v) is 18.8. The van der Waals surface area contributed by atoms with Crippen LogP contribution in [0.1, 0.15) is 51.9 Å². The van der Waals surface area contributed by atoms with Gasteiger partial charge in [-0.1, -0.05) is 22.0 Å². The van der Waals surface area contributed by atoms with Gasteiger partial charge in [0.25, 0.3) is 0 Å². The summed E-state index contributed by atoms with van der Waals surface area (Å²) in [5, 5.41) is 0. The Balaban J connectivity index is 1.35. The van der Waals surface area contributed by atoms with E-state index < -0.39 is 16.7 Å². The maximum Gasteiger partial charge on any atom is 0.302 e. The average molecular weight is 480 g/mol. The van der Waals surface area contributed by atoms with E-state index in [0.717, 1.165) is 35.8 Å². The molecule has 0 aromatic heterocycles. The number of hydrogen-bond donors (Lipinski definition) is 0. The van der Waals surface area contributed by atoms with Crippen molar-refractivity contribution in [2.75, 3.05) is 24.7 Å². The Morgan fingerprint density at radius 1 is 1.20 bits per heavy atom. The highest BCUT2D eigenvalue weighted by molar-refractivity contribution is 9.10. The standard InChI is InChI=1S/C23H27BrFNO4/c1-16(27)29-14-20-5-7-23(8-6-20,30-15-20)13-26(18-4-2-3-17(24)9-18)19(28)21-10-22(25,11-21)12-21/h2-4,9H,5-8,10-15H2,1H3. The molecule has 30 heavy (non-hydrogen) atoms. The van der Waals surface area contributed by atoms with Crippen molar-refractivity contribution in [1.29, 1.82) is 0 Å². The van der Waals surface area contributed by atoms with E-state index in [2.05, 4.69) is 15.9 Å². The van der Waals surface area contributed by atoms with Crippen molar-refractivity contribution in [3.8, 4) is 0 Å². The van der Waals surface area contributed by atoms with Crippen molar-refractivity contribution in [2.24, 2.45) is 10.8 Å². The molecule has 4 aliphatic carbocycles. The molecule has 7 heteroatoms. The van der Waals surface area contributed by atoms with Crippen molar-refractivity contribution in [2.45, 2.75) is 63.1 Å². The number of anilines is 1. The fourth-order valence-corrected chi connectivity index (χ4v) is 6.25. The second-order valence-electron chi connectivity index (χ2n) is 10.1. The number of halogens is 2. The van der Waals surface area contributed by atoms with Crippen LogP contribution in [-0.2, 0) is 19.1 Å². The summed E-state index contributed by atoms with van der Waals surface area (Å²) in [6, 6.07) is 7.74. The number of hydrogen-bond acceptors (Lipinski definition) is 4. The third kappa shape index (κ3) is 3.29. The topological polar surface area (TPSA) is 55.8 Å². The summed E-state index contributed by atoms with van der Waals surface area (Å²) in [6.07, 6.45) is 4.53. The molecule has 2 aliphatic heterocycles. The van der Waals surface area contributed by atoms with Crippen LogP contribution in [0, 0.1) is 10.8 Å². The van der Waals surface area contributed by atoms with Gasteiger partial charge in [-0.05, 0) is 63.1 Å². The lowest BCUT2D eigenvalue weighted by molar-refractivity contribution is -0.215. The molecule has 1 aromatic rings. The quantitative estimate of drug-likeness (QED) is 0.560. The number of carbonyl (C=O) groups is 2. The molecule has 5 nitrogen and oxygen atoms in total. The molecule has 6 aliphatic rings. The Morgan fingerprint density at radius 3 is 2.43 bits per heavy atom. The summed E-state index contributed by atoms with van der Waals surface area (Å²) < 4.78 is 26.7. The first kappa shape index (κ1) is 20.4. The molecule has 0 spiro atoms. The van der Waals surface area contributed by atoms with Crippen molar-refractivity contribution in [1.82, 2.24) is 0 Å². The number of ether oxygens (including phenoxy) is 2. The minimum absolute atomic E-state index is 0.0282. The molecule has 2 heterocycles. The monoisotopic (exact) mass is 479 g/mol. The van der Waals surface area contributed by atoms with Crippen LogP contribution in [0.3, 0.4) is 0 Å². The lowest BCUT2D eigenvalue weighted by Gasteiger charge is -2.65. The van der Waals surface area contributed by atoms with Gasteiger partial charge in [0.05, 0.1) is 30.8 Å². The highest BCUT2D eigenvalue weighted by Gasteiger charge is 2.73. The third-order valence-corrected chi connectivity index (χ3v) is 8.21. The van der Waals surface area contributed by atoms with Crippen LogP contribution in [0.5, 0.6) is 0 Å². The lowest BCUT2D eigenvalue weighted by atomic mass is 9.42. The molecular weight excluding hydrogens is 453 g/mol. The number of benzene rings is 1. The van der Waals surface area contributed by atoms with E-state index >= 15 is 0 Å². The van der Waals surface area contributed by atoms with E-state index in [0.29, 0.717) is 39.0 Å². The number of rotatable bonds is 6. The van der Waals surface area contributed by atoms with Gasteiger partial charge in [0, 0.05) is 22.5 Å². The van der Waals surface area contributed by atoms with E-state index in [1.807, 2.05) is 29.2 Å². The summed E-state index contributed by atoms with van der Waals surface area (Å²) >= 11 is 3.51. The summed E-state index contributed by atoms with van der Waals surface area (Å²) in [7, 11) is 0. The van der Waals surface area contributed by atoms with Crippen LogP contribution in [0.4, 0.5) is 10.1 Å². The highest BCUT2D eigenvalue weighted by atomic mass is 79.9. The average Bonchev–Trinajstić information content (AvgIpc) is 2.69. The Bertz CT molecular complexity index is 859. The smallest absolute Gasteiger partial charge is 0.302 e. The van der Waals surface area contributed by atoms with Gasteiger partial charge < -0.3 is 14.4 Å². The van der Waals surface area contributed by atoms with Crippen LogP contribution in [0.25, 0.3) is 0 Å². The largest absolute Gasteiger partial charge is 0.465 e. The molecule has 4 bridgehead atoms. The van der Waals surface area contributed by atoms with Crippen LogP contribution < -0.4 is 4.90 Å². The molecule has 162 valence electrons. The van der Waals surface area contributed by atoms with Crippen LogP contribution in [0.15, 0.2) is 28.7 Å². The third-order valence-electron chi connectivity index (χ3n) is 7.72. The van der Waals surface area contributed by atoms with Crippen molar-refractivity contribution < 1.29 is 23.5 Å². The van der Waals surface area contributed by atoms with Gasteiger partial charge in [0.2, 0.25) is 5.91 Å². The number of carbonyl (C=O) groups excluding carboxylic acids is 2. The van der Waals surface area contributed by atoms with Crippen LogP contribution in [0.2, 0.25) is 0 Å². The summed E-state index contributed by atoms with van der Waals surface area (Å²) in [5.74, 6) is -0.233. The van der Waals surface area contributed by atoms with Gasteiger partial charge in [-0.2, -0.15) is 0 Å². The van der Waals surface area contributed by atoms with E-state index in [4.69, 9.17) is 9.47 Å². The van der Waals surface area contributed by atoms with Crippen LogP contribution >= 0.6 is 15.9 Å². The molecule has 6 fully saturated rings. The van der Waals surface area contributed by atoms with E-state index in [9.17, 15) is 14.0 Å². The second-order valence-corrected chi connectivity index (χ2v) is 11.0. The second kappa shape index (κ2) is 6.76. The number of alkyl halides is 1. The van der Waals surface area contributed by atoms with Gasteiger partial charge >= 0.3 is 5.97 Å². The molecule has 1 amide bonds. The number of fused-ring (bicyclic) bond motifs is 3. The maximum absolute atomic E-state index is 14.1. The van der Waals surface area contributed by atoms with Gasteiger partial charge in [0.15, 0.2) is 0 Å². The van der Waals surface area contributed by atoms with Gasteiger partial charge in [-0.3, -0.25) is 9.59 Å². The van der Waals surface area contributed by atoms with E-state index in [1.165, 1.54) is 6.92 Å². The van der Waals surface area contributed by atoms with Gasteiger partial charge in [-0.25, -0.2) is 4.39 Å². The first-order chi connectivity index (χ1) is 14.2. The molecule has 1 aromatic carbocycles. The molecule has 0 radical (unpaired) electrons. The Morgan fingerprint density at radius 2 is 1.90 bits per heavy atom. The number of esters is 1. The van der Waals surface area contributed by atoms with Crippen LogP contribution in [-0.4, -0.2) is 42.9 Å². The highest BCUT2D eigenvalue weighted by Crippen LogP contribution is 2.70. The lowest BCUT2D eigenvalue weighted by Crippen LogP contribution is -2.71. The molecule has 7 rings (SSSR count). The Hall–Kier alpha value is -1.47. The Labute approximate surface area is 184 Å². The fourth-order valence-electron chi connectivity index (χ4n) is 5.86. The molecule has 0 atom stereocenters.